The van der Waals surface area contributed by atoms with Gasteiger partial charge in [0.2, 0.25) is 0 Å². The third-order valence-corrected chi connectivity index (χ3v) is 4.95. The molecule has 1 aliphatic rings. The van der Waals surface area contributed by atoms with Crippen molar-refractivity contribution in [3.05, 3.63) is 33.0 Å². The van der Waals surface area contributed by atoms with E-state index in [4.69, 9.17) is 4.74 Å². The van der Waals surface area contributed by atoms with Crippen LogP contribution < -0.4 is 0 Å². The first kappa shape index (κ1) is 15.0. The van der Waals surface area contributed by atoms with Crippen LogP contribution in [0.2, 0.25) is 0 Å². The van der Waals surface area contributed by atoms with Crippen LogP contribution in [0.3, 0.4) is 0 Å². The van der Waals surface area contributed by atoms with Gasteiger partial charge in [-0.1, -0.05) is 11.6 Å². The summed E-state index contributed by atoms with van der Waals surface area (Å²) in [5, 5.41) is 1.88. The number of ketones is 1. The Kier molecular flexibility index (Phi) is 5.12. The number of carbonyl (C=O) groups is 2. The fourth-order valence-electron chi connectivity index (χ4n) is 2.48. The lowest BCUT2D eigenvalue weighted by Crippen LogP contribution is -2.06. The molecule has 20 heavy (non-hydrogen) atoms. The van der Waals surface area contributed by atoms with Crippen molar-refractivity contribution in [3.63, 3.8) is 0 Å². The third kappa shape index (κ3) is 3.57. The average Bonchev–Trinajstić information content (AvgIpc) is 2.82. The van der Waals surface area contributed by atoms with Crippen LogP contribution in [0.15, 0.2) is 17.0 Å². The average molecular weight is 292 g/mol. The molecule has 1 heterocycles. The van der Waals surface area contributed by atoms with Crippen LogP contribution in [-0.4, -0.2) is 18.9 Å². The Bertz CT molecular complexity index is 528. The molecule has 0 aromatic carbocycles. The van der Waals surface area contributed by atoms with Gasteiger partial charge in [-0.2, -0.15) is 0 Å². The van der Waals surface area contributed by atoms with Crippen LogP contribution in [0.4, 0.5) is 0 Å². The number of hydrogen-bond donors (Lipinski definition) is 0. The van der Waals surface area contributed by atoms with Crippen molar-refractivity contribution in [2.24, 2.45) is 0 Å². The quantitative estimate of drug-likeness (QED) is 0.625. The first-order valence-corrected chi connectivity index (χ1v) is 7.84. The summed E-state index contributed by atoms with van der Waals surface area (Å²) in [6.45, 7) is 1.98. The third-order valence-electron chi connectivity index (χ3n) is 3.80. The van der Waals surface area contributed by atoms with Gasteiger partial charge in [0, 0.05) is 23.1 Å². The summed E-state index contributed by atoms with van der Waals surface area (Å²) < 4.78 is 4.76. The monoisotopic (exact) mass is 292 g/mol. The van der Waals surface area contributed by atoms with E-state index in [1.54, 1.807) is 11.3 Å². The highest BCUT2D eigenvalue weighted by Crippen LogP contribution is 2.25. The molecule has 0 saturated heterocycles. The van der Waals surface area contributed by atoms with Crippen LogP contribution >= 0.6 is 11.3 Å². The fourth-order valence-corrected chi connectivity index (χ4v) is 3.53. The van der Waals surface area contributed by atoms with Crippen molar-refractivity contribution < 1.29 is 14.3 Å². The van der Waals surface area contributed by atoms with Crippen molar-refractivity contribution >= 4 is 23.1 Å². The molecular weight excluding hydrogens is 272 g/mol. The standard InChI is InChI=1S/C16H20O3S/c1-11-14(16(18)19-2)10-20-15(11)5-3-4-12-6-8-13(17)9-7-12/h4,10H,3,5-9H2,1-2H3. The number of esters is 1. The molecule has 0 spiro atoms. The van der Waals surface area contributed by atoms with Crippen LogP contribution in [0.5, 0.6) is 0 Å². The number of carbonyl (C=O) groups excluding carboxylic acids is 2. The van der Waals surface area contributed by atoms with Gasteiger partial charge in [0.15, 0.2) is 0 Å². The molecule has 0 N–H and O–H groups in total. The summed E-state index contributed by atoms with van der Waals surface area (Å²) in [6.07, 6.45) is 7.46. The molecule has 0 unspecified atom stereocenters. The highest BCUT2D eigenvalue weighted by molar-refractivity contribution is 7.10. The topological polar surface area (TPSA) is 43.4 Å². The molecule has 0 bridgehead atoms. The van der Waals surface area contributed by atoms with E-state index < -0.39 is 0 Å². The van der Waals surface area contributed by atoms with Gasteiger partial charge in [-0.15, -0.1) is 11.3 Å². The Morgan fingerprint density at radius 1 is 1.35 bits per heavy atom. The maximum atomic E-state index is 11.5. The van der Waals surface area contributed by atoms with Gasteiger partial charge in [-0.25, -0.2) is 4.79 Å². The fraction of sp³-hybridized carbons (Fsp3) is 0.500. The summed E-state index contributed by atoms with van der Waals surface area (Å²) in [5.41, 5.74) is 3.13. The van der Waals surface area contributed by atoms with Crippen LogP contribution in [-0.2, 0) is 16.0 Å². The van der Waals surface area contributed by atoms with Gasteiger partial charge in [-0.05, 0) is 38.2 Å². The Hall–Kier alpha value is -1.42. The minimum absolute atomic E-state index is 0.255. The molecule has 1 aliphatic carbocycles. The first-order valence-electron chi connectivity index (χ1n) is 6.96. The number of rotatable bonds is 4. The molecule has 1 fully saturated rings. The Morgan fingerprint density at radius 3 is 2.70 bits per heavy atom. The van der Waals surface area contributed by atoms with Crippen molar-refractivity contribution in [1.29, 1.82) is 0 Å². The van der Waals surface area contributed by atoms with Crippen LogP contribution in [0.25, 0.3) is 0 Å². The van der Waals surface area contributed by atoms with Gasteiger partial charge in [0.1, 0.15) is 5.78 Å². The van der Waals surface area contributed by atoms with Gasteiger partial charge in [0.25, 0.3) is 0 Å². The Morgan fingerprint density at radius 2 is 2.05 bits per heavy atom. The number of aryl methyl sites for hydroxylation is 1. The Labute approximate surface area is 123 Å². The smallest absolute Gasteiger partial charge is 0.338 e. The molecular formula is C16H20O3S. The minimum Gasteiger partial charge on any atom is -0.465 e. The molecule has 2 rings (SSSR count). The van der Waals surface area contributed by atoms with Crippen LogP contribution in [0.1, 0.15) is 52.9 Å². The van der Waals surface area contributed by atoms with Gasteiger partial charge >= 0.3 is 5.97 Å². The summed E-state index contributed by atoms with van der Waals surface area (Å²) >= 11 is 1.62. The maximum absolute atomic E-state index is 11.5. The second kappa shape index (κ2) is 6.84. The normalized spacial score (nSPS) is 15.3. The summed E-state index contributed by atoms with van der Waals surface area (Å²) in [7, 11) is 1.41. The van der Waals surface area contributed by atoms with E-state index in [0.717, 1.165) is 31.2 Å². The maximum Gasteiger partial charge on any atom is 0.338 e. The van der Waals surface area contributed by atoms with E-state index in [2.05, 4.69) is 6.08 Å². The minimum atomic E-state index is -0.255. The second-order valence-corrected chi connectivity index (χ2v) is 6.09. The molecule has 0 radical (unpaired) electrons. The first-order chi connectivity index (χ1) is 9.61. The number of methoxy groups -OCH3 is 1. The van der Waals surface area contributed by atoms with Crippen molar-refractivity contribution in [2.45, 2.75) is 45.4 Å². The zero-order valence-electron chi connectivity index (χ0n) is 12.0. The summed E-state index contributed by atoms with van der Waals surface area (Å²) in [6, 6.07) is 0. The number of Topliss-reactive ketones (excluding diaryl/α,β-unsaturated/α-hetero) is 1. The summed E-state index contributed by atoms with van der Waals surface area (Å²) in [5.74, 6) is 0.133. The largest absolute Gasteiger partial charge is 0.465 e. The summed E-state index contributed by atoms with van der Waals surface area (Å²) in [4.78, 5) is 24.0. The van der Waals surface area contributed by atoms with Gasteiger partial charge in [-0.3, -0.25) is 4.79 Å². The number of thiophene rings is 1. The zero-order chi connectivity index (χ0) is 14.5. The molecule has 3 nitrogen and oxygen atoms in total. The van der Waals surface area contributed by atoms with Crippen LogP contribution in [0, 0.1) is 6.92 Å². The van der Waals surface area contributed by atoms with E-state index in [1.807, 2.05) is 12.3 Å². The lowest BCUT2D eigenvalue weighted by atomic mass is 9.93. The highest BCUT2D eigenvalue weighted by Gasteiger charge is 2.15. The second-order valence-electron chi connectivity index (χ2n) is 5.13. The van der Waals surface area contributed by atoms with E-state index in [9.17, 15) is 9.59 Å². The molecule has 1 aromatic heterocycles. The van der Waals surface area contributed by atoms with Crippen molar-refractivity contribution in [1.82, 2.24) is 0 Å². The predicted molar refractivity (Wildman–Crippen MR) is 80.3 cm³/mol. The van der Waals surface area contributed by atoms with E-state index in [1.165, 1.54) is 17.6 Å². The number of ether oxygens (including phenoxy) is 1. The van der Waals surface area contributed by atoms with E-state index in [-0.39, 0.29) is 5.97 Å². The lowest BCUT2D eigenvalue weighted by Gasteiger charge is -2.12. The molecule has 0 aliphatic heterocycles. The lowest BCUT2D eigenvalue weighted by molar-refractivity contribution is -0.119. The van der Waals surface area contributed by atoms with Gasteiger partial charge in [0.05, 0.1) is 12.7 Å². The van der Waals surface area contributed by atoms with Crippen molar-refractivity contribution in [3.8, 4) is 0 Å². The molecule has 0 atom stereocenters. The number of allylic oxidation sites excluding steroid dienone is 2. The number of hydrogen-bond acceptors (Lipinski definition) is 4. The zero-order valence-corrected chi connectivity index (χ0v) is 12.8. The SMILES string of the molecule is COC(=O)c1csc(CCC=C2CCC(=O)CC2)c1C. The molecule has 1 saturated carbocycles. The molecule has 1 aromatic rings. The van der Waals surface area contributed by atoms with E-state index >= 15 is 0 Å². The predicted octanol–water partition coefficient (Wildman–Crippen LogP) is 3.85. The van der Waals surface area contributed by atoms with Gasteiger partial charge < -0.3 is 4.74 Å². The van der Waals surface area contributed by atoms with Crippen molar-refractivity contribution in [2.75, 3.05) is 7.11 Å². The molecule has 108 valence electrons. The molecule has 4 heteroatoms. The van der Waals surface area contributed by atoms with E-state index in [0.29, 0.717) is 24.2 Å². The highest BCUT2D eigenvalue weighted by atomic mass is 32.1. The molecule has 0 amide bonds. The Balaban J connectivity index is 1.91.